The van der Waals surface area contributed by atoms with Gasteiger partial charge in [-0.25, -0.2) is 0 Å². The second-order valence-corrected chi connectivity index (χ2v) is 5.44. The van der Waals surface area contributed by atoms with Gasteiger partial charge >= 0.3 is 0 Å². The van der Waals surface area contributed by atoms with Crippen LogP contribution in [0.25, 0.3) is 0 Å². The summed E-state index contributed by atoms with van der Waals surface area (Å²) in [6.07, 6.45) is 15.3. The average molecular weight is 284 g/mol. The second-order valence-electron chi connectivity index (χ2n) is 5.44. The molecular formula is C17H32O3. The molecule has 0 fully saturated rings. The molecule has 2 unspecified atom stereocenters. The summed E-state index contributed by atoms with van der Waals surface area (Å²) in [4.78, 5) is 0. The van der Waals surface area contributed by atoms with Gasteiger partial charge in [0.1, 0.15) is 0 Å². The van der Waals surface area contributed by atoms with Crippen LogP contribution in [0.1, 0.15) is 64.2 Å². The van der Waals surface area contributed by atoms with E-state index >= 15 is 0 Å². The van der Waals surface area contributed by atoms with Gasteiger partial charge in [0, 0.05) is 6.42 Å². The maximum Gasteiger partial charge on any atom is 0.0795 e. The molecule has 0 radical (unpaired) electrons. The molecule has 0 bridgehead atoms. The highest BCUT2D eigenvalue weighted by Crippen LogP contribution is 2.12. The standard InChI is InChI=1S/C17H32O3/c1-2-3-4-5-6-7-8-9-10-11-12-13-16(19)14-17(20)15-18/h2-4,16-20H,1,5-15H2/b4-3+. The Morgan fingerprint density at radius 3 is 2.05 bits per heavy atom. The number of hydrogen-bond donors (Lipinski definition) is 3. The third-order valence-electron chi connectivity index (χ3n) is 3.44. The topological polar surface area (TPSA) is 60.7 Å². The maximum atomic E-state index is 9.61. The van der Waals surface area contributed by atoms with Crippen LogP contribution in [-0.4, -0.2) is 34.1 Å². The minimum absolute atomic E-state index is 0.265. The van der Waals surface area contributed by atoms with Gasteiger partial charge < -0.3 is 15.3 Å². The van der Waals surface area contributed by atoms with Gasteiger partial charge in [-0.05, 0) is 19.3 Å². The van der Waals surface area contributed by atoms with Crippen molar-refractivity contribution in [3.63, 3.8) is 0 Å². The van der Waals surface area contributed by atoms with E-state index in [1.165, 1.54) is 32.1 Å². The van der Waals surface area contributed by atoms with Crippen LogP contribution in [0.5, 0.6) is 0 Å². The molecule has 0 aromatic heterocycles. The highest BCUT2D eigenvalue weighted by atomic mass is 16.3. The summed E-state index contributed by atoms with van der Waals surface area (Å²) in [5.74, 6) is 0. The molecule has 3 nitrogen and oxygen atoms in total. The molecule has 0 saturated carbocycles. The normalized spacial score (nSPS) is 14.6. The van der Waals surface area contributed by atoms with Crippen molar-refractivity contribution in [2.24, 2.45) is 0 Å². The molecule has 2 atom stereocenters. The van der Waals surface area contributed by atoms with Crippen molar-refractivity contribution in [1.82, 2.24) is 0 Å². The zero-order valence-electron chi connectivity index (χ0n) is 12.7. The first kappa shape index (κ1) is 19.4. The molecule has 0 aliphatic heterocycles. The van der Waals surface area contributed by atoms with Crippen LogP contribution >= 0.6 is 0 Å². The van der Waals surface area contributed by atoms with Gasteiger partial charge in [0.2, 0.25) is 0 Å². The van der Waals surface area contributed by atoms with Crippen LogP contribution in [0, 0.1) is 0 Å². The molecule has 0 saturated heterocycles. The highest BCUT2D eigenvalue weighted by molar-refractivity contribution is 4.96. The molecule has 0 aliphatic rings. The molecular weight excluding hydrogens is 252 g/mol. The van der Waals surface area contributed by atoms with E-state index in [2.05, 4.69) is 12.7 Å². The van der Waals surface area contributed by atoms with Gasteiger partial charge in [-0.15, -0.1) is 0 Å². The fraction of sp³-hybridized carbons (Fsp3) is 0.765. The Balaban J connectivity index is 3.20. The first-order valence-electron chi connectivity index (χ1n) is 7.95. The van der Waals surface area contributed by atoms with E-state index in [-0.39, 0.29) is 13.0 Å². The van der Waals surface area contributed by atoms with E-state index in [0.29, 0.717) is 0 Å². The molecule has 20 heavy (non-hydrogen) atoms. The lowest BCUT2D eigenvalue weighted by Gasteiger charge is -2.13. The summed E-state index contributed by atoms with van der Waals surface area (Å²) in [6.45, 7) is 3.37. The predicted molar refractivity (Wildman–Crippen MR) is 84.6 cm³/mol. The van der Waals surface area contributed by atoms with E-state index in [0.717, 1.165) is 25.7 Å². The summed E-state index contributed by atoms with van der Waals surface area (Å²) in [6, 6.07) is 0. The van der Waals surface area contributed by atoms with Crippen LogP contribution in [0.4, 0.5) is 0 Å². The summed E-state index contributed by atoms with van der Waals surface area (Å²) in [5, 5.41) is 27.5. The Hall–Kier alpha value is -0.640. The first-order chi connectivity index (χ1) is 9.70. The Labute approximate surface area is 124 Å². The zero-order chi connectivity index (χ0) is 15.1. The van der Waals surface area contributed by atoms with Gasteiger partial charge in [-0.3, -0.25) is 0 Å². The molecule has 118 valence electrons. The van der Waals surface area contributed by atoms with E-state index in [1.54, 1.807) is 0 Å². The minimum Gasteiger partial charge on any atom is -0.394 e. The Bertz CT molecular complexity index is 238. The fourth-order valence-electron chi connectivity index (χ4n) is 2.22. The quantitative estimate of drug-likeness (QED) is 0.339. The van der Waals surface area contributed by atoms with Crippen molar-refractivity contribution < 1.29 is 15.3 Å². The van der Waals surface area contributed by atoms with Crippen molar-refractivity contribution in [3.8, 4) is 0 Å². The third-order valence-corrected chi connectivity index (χ3v) is 3.44. The molecule has 3 N–H and O–H groups in total. The fourth-order valence-corrected chi connectivity index (χ4v) is 2.22. The minimum atomic E-state index is -0.778. The average Bonchev–Trinajstić information content (AvgIpc) is 2.44. The first-order valence-corrected chi connectivity index (χ1v) is 7.95. The van der Waals surface area contributed by atoms with Gasteiger partial charge in [0.25, 0.3) is 0 Å². The monoisotopic (exact) mass is 284 g/mol. The van der Waals surface area contributed by atoms with Crippen molar-refractivity contribution in [1.29, 1.82) is 0 Å². The number of allylic oxidation sites excluding steroid dienone is 3. The smallest absolute Gasteiger partial charge is 0.0795 e. The van der Waals surface area contributed by atoms with Crippen molar-refractivity contribution >= 4 is 0 Å². The Morgan fingerprint density at radius 1 is 0.850 bits per heavy atom. The lowest BCUT2D eigenvalue weighted by atomic mass is 10.0. The summed E-state index contributed by atoms with van der Waals surface area (Å²) < 4.78 is 0. The van der Waals surface area contributed by atoms with Gasteiger partial charge in [-0.2, -0.15) is 0 Å². The summed E-state index contributed by atoms with van der Waals surface area (Å²) in [7, 11) is 0. The molecule has 0 aromatic carbocycles. The predicted octanol–water partition coefficient (Wildman–Crippen LogP) is 3.34. The van der Waals surface area contributed by atoms with E-state index in [9.17, 15) is 10.2 Å². The molecule has 3 heteroatoms. The van der Waals surface area contributed by atoms with Crippen molar-refractivity contribution in [3.05, 3.63) is 24.8 Å². The number of aliphatic hydroxyl groups excluding tert-OH is 3. The molecule has 0 spiro atoms. The molecule has 0 aliphatic carbocycles. The lowest BCUT2D eigenvalue weighted by Crippen LogP contribution is -2.20. The lowest BCUT2D eigenvalue weighted by molar-refractivity contribution is 0.0380. The number of unbranched alkanes of at least 4 members (excludes halogenated alkanes) is 7. The van der Waals surface area contributed by atoms with Gasteiger partial charge in [0.05, 0.1) is 18.8 Å². The molecule has 0 heterocycles. The van der Waals surface area contributed by atoms with Crippen LogP contribution < -0.4 is 0 Å². The van der Waals surface area contributed by atoms with Crippen molar-refractivity contribution in [2.45, 2.75) is 76.4 Å². The van der Waals surface area contributed by atoms with E-state index in [1.807, 2.05) is 12.2 Å². The van der Waals surface area contributed by atoms with Gasteiger partial charge in [-0.1, -0.05) is 63.3 Å². The van der Waals surface area contributed by atoms with Crippen LogP contribution in [0.15, 0.2) is 24.8 Å². The van der Waals surface area contributed by atoms with Crippen LogP contribution in [0.3, 0.4) is 0 Å². The number of aliphatic hydroxyl groups is 3. The molecule has 0 amide bonds. The Kier molecular flexibility index (Phi) is 14.3. The molecule has 0 rings (SSSR count). The number of rotatable bonds is 14. The van der Waals surface area contributed by atoms with Crippen molar-refractivity contribution in [2.75, 3.05) is 6.61 Å². The third kappa shape index (κ3) is 13.8. The summed E-state index contributed by atoms with van der Waals surface area (Å²) in [5.41, 5.74) is 0. The largest absolute Gasteiger partial charge is 0.394 e. The van der Waals surface area contributed by atoms with E-state index in [4.69, 9.17) is 5.11 Å². The Morgan fingerprint density at radius 2 is 1.45 bits per heavy atom. The second kappa shape index (κ2) is 14.8. The SMILES string of the molecule is C=C/C=C/CCCCCCCCCC(O)CC(O)CO. The zero-order valence-corrected chi connectivity index (χ0v) is 12.7. The highest BCUT2D eigenvalue weighted by Gasteiger charge is 2.10. The van der Waals surface area contributed by atoms with E-state index < -0.39 is 12.2 Å². The number of hydrogen-bond acceptors (Lipinski definition) is 3. The van der Waals surface area contributed by atoms with Crippen LogP contribution in [-0.2, 0) is 0 Å². The van der Waals surface area contributed by atoms with Gasteiger partial charge in [0.15, 0.2) is 0 Å². The molecule has 0 aromatic rings. The van der Waals surface area contributed by atoms with Crippen LogP contribution in [0.2, 0.25) is 0 Å². The maximum absolute atomic E-state index is 9.61. The summed E-state index contributed by atoms with van der Waals surface area (Å²) >= 11 is 0.